The first-order valence-corrected chi connectivity index (χ1v) is 10.3. The third-order valence-electron chi connectivity index (χ3n) is 5.02. The molecule has 34 heavy (non-hydrogen) atoms. The fraction of sp³-hybridized carbons (Fsp3) is 0.120. The zero-order valence-corrected chi connectivity index (χ0v) is 18.3. The van der Waals surface area contributed by atoms with Crippen LogP contribution in [0.2, 0.25) is 0 Å². The van der Waals surface area contributed by atoms with E-state index in [1.54, 1.807) is 44.4 Å². The summed E-state index contributed by atoms with van der Waals surface area (Å²) in [6, 6.07) is 16.7. The molecule has 1 aromatic heterocycles. The SMILES string of the molecule is CCOC(=O)c1c(-c2ccc(OC)cc2)oc2ccc(OC(=O)c3ccc([N+](=O)[O-])cc3)cc12. The lowest BCUT2D eigenvalue weighted by Crippen LogP contribution is -2.08. The Morgan fingerprint density at radius 2 is 1.62 bits per heavy atom. The minimum atomic E-state index is -0.703. The molecule has 9 nitrogen and oxygen atoms in total. The number of carbonyl (C=O) groups is 2. The van der Waals surface area contributed by atoms with Crippen molar-refractivity contribution in [1.29, 1.82) is 0 Å². The molecule has 4 rings (SSSR count). The molecule has 0 atom stereocenters. The number of furan rings is 1. The van der Waals surface area contributed by atoms with Crippen LogP contribution in [0.5, 0.6) is 11.5 Å². The predicted octanol–water partition coefficient (Wildman–Crippen LogP) is 5.41. The van der Waals surface area contributed by atoms with Gasteiger partial charge in [0.25, 0.3) is 5.69 Å². The van der Waals surface area contributed by atoms with E-state index in [4.69, 9.17) is 18.6 Å². The molecule has 0 saturated carbocycles. The van der Waals surface area contributed by atoms with Crippen LogP contribution in [0.1, 0.15) is 27.6 Å². The van der Waals surface area contributed by atoms with Crippen LogP contribution in [-0.2, 0) is 4.74 Å². The minimum absolute atomic E-state index is 0.137. The van der Waals surface area contributed by atoms with E-state index in [0.29, 0.717) is 28.0 Å². The zero-order chi connectivity index (χ0) is 24.2. The highest BCUT2D eigenvalue weighted by atomic mass is 16.6. The molecule has 0 aliphatic carbocycles. The molecule has 0 N–H and O–H groups in total. The van der Waals surface area contributed by atoms with Crippen molar-refractivity contribution >= 4 is 28.6 Å². The third kappa shape index (κ3) is 4.44. The molecule has 0 saturated heterocycles. The standard InChI is InChI=1S/C25H19NO8/c1-3-32-25(28)22-20-14-19(33-24(27)16-4-8-17(9-5-16)26(29)30)12-13-21(20)34-23(22)15-6-10-18(31-2)11-7-15/h4-14H,3H2,1-2H3. The highest BCUT2D eigenvalue weighted by molar-refractivity contribution is 6.09. The maximum atomic E-state index is 12.8. The Kier molecular flexibility index (Phi) is 6.26. The lowest BCUT2D eigenvalue weighted by atomic mass is 10.1. The Morgan fingerprint density at radius 3 is 2.24 bits per heavy atom. The summed E-state index contributed by atoms with van der Waals surface area (Å²) < 4.78 is 21.8. The number of nitro benzene ring substituents is 1. The molecule has 0 fully saturated rings. The monoisotopic (exact) mass is 461 g/mol. The first kappa shape index (κ1) is 22.5. The highest BCUT2D eigenvalue weighted by Gasteiger charge is 2.24. The number of methoxy groups -OCH3 is 1. The fourth-order valence-corrected chi connectivity index (χ4v) is 3.38. The van der Waals surface area contributed by atoms with Crippen LogP contribution in [0.4, 0.5) is 5.69 Å². The van der Waals surface area contributed by atoms with E-state index in [0.717, 1.165) is 0 Å². The summed E-state index contributed by atoms with van der Waals surface area (Å²) >= 11 is 0. The summed E-state index contributed by atoms with van der Waals surface area (Å²) in [6.07, 6.45) is 0. The van der Waals surface area contributed by atoms with Crippen molar-refractivity contribution in [2.45, 2.75) is 6.92 Å². The fourth-order valence-electron chi connectivity index (χ4n) is 3.38. The first-order chi connectivity index (χ1) is 16.4. The van der Waals surface area contributed by atoms with Crippen molar-refractivity contribution in [2.24, 2.45) is 0 Å². The van der Waals surface area contributed by atoms with E-state index in [9.17, 15) is 19.7 Å². The second kappa shape index (κ2) is 9.45. The zero-order valence-electron chi connectivity index (χ0n) is 18.3. The highest BCUT2D eigenvalue weighted by Crippen LogP contribution is 2.36. The van der Waals surface area contributed by atoms with E-state index < -0.39 is 16.9 Å². The molecule has 0 spiro atoms. The molecular formula is C25H19NO8. The van der Waals surface area contributed by atoms with Crippen molar-refractivity contribution in [3.8, 4) is 22.8 Å². The predicted molar refractivity (Wildman–Crippen MR) is 122 cm³/mol. The van der Waals surface area contributed by atoms with Gasteiger partial charge in [-0.3, -0.25) is 10.1 Å². The molecular weight excluding hydrogens is 442 g/mol. The molecule has 0 amide bonds. The van der Waals surface area contributed by atoms with E-state index >= 15 is 0 Å². The molecule has 0 aliphatic rings. The second-order valence-electron chi connectivity index (χ2n) is 7.11. The summed E-state index contributed by atoms with van der Waals surface area (Å²) in [5.74, 6) is -0.145. The van der Waals surface area contributed by atoms with Crippen molar-refractivity contribution in [3.63, 3.8) is 0 Å². The van der Waals surface area contributed by atoms with Crippen LogP contribution < -0.4 is 9.47 Å². The number of nitrogens with zero attached hydrogens (tertiary/aromatic N) is 1. The molecule has 0 radical (unpaired) electrons. The molecule has 172 valence electrons. The number of esters is 2. The van der Waals surface area contributed by atoms with Gasteiger partial charge >= 0.3 is 11.9 Å². The van der Waals surface area contributed by atoms with Gasteiger partial charge in [-0.25, -0.2) is 9.59 Å². The first-order valence-electron chi connectivity index (χ1n) is 10.3. The quantitative estimate of drug-likeness (QED) is 0.155. The summed E-state index contributed by atoms with van der Waals surface area (Å²) in [5, 5.41) is 11.2. The Bertz CT molecular complexity index is 1370. The maximum Gasteiger partial charge on any atom is 0.343 e. The summed E-state index contributed by atoms with van der Waals surface area (Å²) in [7, 11) is 1.56. The van der Waals surface area contributed by atoms with Crippen molar-refractivity contribution < 1.29 is 33.1 Å². The molecule has 9 heteroatoms. The molecule has 0 bridgehead atoms. The van der Waals surface area contributed by atoms with E-state index in [-0.39, 0.29) is 29.2 Å². The number of hydrogen-bond donors (Lipinski definition) is 0. The summed E-state index contributed by atoms with van der Waals surface area (Å²) in [4.78, 5) is 35.6. The second-order valence-corrected chi connectivity index (χ2v) is 7.11. The van der Waals surface area contributed by atoms with Gasteiger partial charge in [-0.15, -0.1) is 0 Å². The van der Waals surface area contributed by atoms with Gasteiger partial charge in [-0.1, -0.05) is 0 Å². The van der Waals surface area contributed by atoms with E-state index in [2.05, 4.69) is 0 Å². The van der Waals surface area contributed by atoms with E-state index in [1.165, 1.54) is 36.4 Å². The smallest absolute Gasteiger partial charge is 0.343 e. The largest absolute Gasteiger partial charge is 0.497 e. The number of fused-ring (bicyclic) bond motifs is 1. The minimum Gasteiger partial charge on any atom is -0.497 e. The average Bonchev–Trinajstić information content (AvgIpc) is 3.23. The molecule has 0 unspecified atom stereocenters. The van der Waals surface area contributed by atoms with Gasteiger partial charge in [0.2, 0.25) is 0 Å². The average molecular weight is 461 g/mol. The van der Waals surface area contributed by atoms with Gasteiger partial charge in [-0.05, 0) is 61.5 Å². The van der Waals surface area contributed by atoms with Gasteiger partial charge in [-0.2, -0.15) is 0 Å². The molecule has 1 heterocycles. The van der Waals surface area contributed by atoms with Crippen LogP contribution in [0.25, 0.3) is 22.3 Å². The lowest BCUT2D eigenvalue weighted by Gasteiger charge is -2.06. The van der Waals surface area contributed by atoms with E-state index in [1.807, 2.05) is 0 Å². The number of nitro groups is 1. The van der Waals surface area contributed by atoms with Gasteiger partial charge in [0.1, 0.15) is 28.4 Å². The van der Waals surface area contributed by atoms with Crippen LogP contribution in [0.3, 0.4) is 0 Å². The van der Waals surface area contributed by atoms with Crippen LogP contribution >= 0.6 is 0 Å². The molecule has 3 aromatic carbocycles. The maximum absolute atomic E-state index is 12.8. The molecule has 0 aliphatic heterocycles. The van der Waals surface area contributed by atoms with Crippen LogP contribution in [0.15, 0.2) is 71.1 Å². The topological polar surface area (TPSA) is 118 Å². The normalized spacial score (nSPS) is 10.6. The Balaban J connectivity index is 1.71. The Labute approximate surface area is 193 Å². The van der Waals surface area contributed by atoms with Crippen LogP contribution in [0, 0.1) is 10.1 Å². The number of ether oxygens (including phenoxy) is 3. The number of benzene rings is 3. The van der Waals surface area contributed by atoms with Gasteiger partial charge in [0, 0.05) is 23.1 Å². The number of carbonyl (C=O) groups excluding carboxylic acids is 2. The third-order valence-corrected chi connectivity index (χ3v) is 5.02. The number of non-ortho nitro benzene ring substituents is 1. The lowest BCUT2D eigenvalue weighted by molar-refractivity contribution is -0.384. The van der Waals surface area contributed by atoms with Crippen molar-refractivity contribution in [3.05, 3.63) is 88.0 Å². The van der Waals surface area contributed by atoms with Crippen LogP contribution in [-0.4, -0.2) is 30.6 Å². The van der Waals surface area contributed by atoms with Crippen molar-refractivity contribution in [2.75, 3.05) is 13.7 Å². The van der Waals surface area contributed by atoms with Gasteiger partial charge < -0.3 is 18.6 Å². The summed E-state index contributed by atoms with van der Waals surface area (Å²) in [6.45, 7) is 1.87. The molecule has 4 aromatic rings. The van der Waals surface area contributed by atoms with Crippen molar-refractivity contribution in [1.82, 2.24) is 0 Å². The van der Waals surface area contributed by atoms with Gasteiger partial charge in [0.05, 0.1) is 24.2 Å². The number of hydrogen-bond acceptors (Lipinski definition) is 8. The summed E-state index contributed by atoms with van der Waals surface area (Å²) in [5.41, 5.74) is 1.26. The Hall–Kier alpha value is -4.66. The van der Waals surface area contributed by atoms with Gasteiger partial charge in [0.15, 0.2) is 0 Å². The Morgan fingerprint density at radius 1 is 0.941 bits per heavy atom. The number of rotatable bonds is 7.